The van der Waals surface area contributed by atoms with Crippen molar-refractivity contribution in [2.75, 3.05) is 25.4 Å². The van der Waals surface area contributed by atoms with E-state index in [1.54, 1.807) is 18.2 Å². The van der Waals surface area contributed by atoms with Crippen LogP contribution in [0.4, 0.5) is 5.69 Å². The predicted octanol–water partition coefficient (Wildman–Crippen LogP) is 3.34. The SMILES string of the molecule is CCCCN1CCCC(OC(=O)c2ccc(N)cc2Cl)C1. The highest BCUT2D eigenvalue weighted by atomic mass is 35.5. The van der Waals surface area contributed by atoms with Crippen molar-refractivity contribution >= 4 is 23.3 Å². The Kier molecular flexibility index (Phi) is 5.88. The summed E-state index contributed by atoms with van der Waals surface area (Å²) in [4.78, 5) is 14.6. The molecule has 1 aliphatic rings. The van der Waals surface area contributed by atoms with Crippen LogP contribution in [0.3, 0.4) is 0 Å². The number of benzene rings is 1. The second-order valence-electron chi connectivity index (χ2n) is 5.56. The fourth-order valence-electron chi connectivity index (χ4n) is 2.61. The van der Waals surface area contributed by atoms with E-state index in [0.717, 1.165) is 32.5 Å². The molecule has 0 radical (unpaired) electrons. The first kappa shape index (κ1) is 16.1. The molecule has 1 aromatic carbocycles. The molecule has 0 aromatic heterocycles. The maximum Gasteiger partial charge on any atom is 0.339 e. The number of unbranched alkanes of at least 4 members (excludes halogenated alkanes) is 1. The summed E-state index contributed by atoms with van der Waals surface area (Å²) in [7, 11) is 0. The van der Waals surface area contributed by atoms with Crippen molar-refractivity contribution in [3.8, 4) is 0 Å². The fourth-order valence-corrected chi connectivity index (χ4v) is 2.87. The minimum Gasteiger partial charge on any atom is -0.457 e. The van der Waals surface area contributed by atoms with Crippen LogP contribution in [0.25, 0.3) is 0 Å². The van der Waals surface area contributed by atoms with Gasteiger partial charge in [0.05, 0.1) is 10.6 Å². The van der Waals surface area contributed by atoms with Gasteiger partial charge in [0.25, 0.3) is 0 Å². The van der Waals surface area contributed by atoms with Gasteiger partial charge in [0.2, 0.25) is 0 Å². The molecule has 0 saturated carbocycles. The maximum absolute atomic E-state index is 12.2. The summed E-state index contributed by atoms with van der Waals surface area (Å²) >= 11 is 6.05. The summed E-state index contributed by atoms with van der Waals surface area (Å²) in [5.41, 5.74) is 6.56. The molecule has 1 aromatic rings. The van der Waals surface area contributed by atoms with Gasteiger partial charge in [-0.3, -0.25) is 4.90 Å². The number of nitrogen functional groups attached to an aromatic ring is 1. The number of rotatable bonds is 5. The lowest BCUT2D eigenvalue weighted by Gasteiger charge is -2.32. The molecule has 0 aliphatic carbocycles. The summed E-state index contributed by atoms with van der Waals surface area (Å²) in [6.45, 7) is 5.17. The highest BCUT2D eigenvalue weighted by Crippen LogP contribution is 2.22. The van der Waals surface area contributed by atoms with E-state index in [1.807, 2.05) is 0 Å². The van der Waals surface area contributed by atoms with Crippen molar-refractivity contribution in [2.24, 2.45) is 0 Å². The van der Waals surface area contributed by atoms with E-state index in [4.69, 9.17) is 22.1 Å². The molecule has 4 nitrogen and oxygen atoms in total. The van der Waals surface area contributed by atoms with Gasteiger partial charge in [0, 0.05) is 12.2 Å². The Balaban J connectivity index is 1.92. The van der Waals surface area contributed by atoms with Gasteiger partial charge < -0.3 is 10.5 Å². The van der Waals surface area contributed by atoms with Crippen LogP contribution in [0.5, 0.6) is 0 Å². The van der Waals surface area contributed by atoms with Crippen molar-refractivity contribution in [1.29, 1.82) is 0 Å². The quantitative estimate of drug-likeness (QED) is 0.669. The highest BCUT2D eigenvalue weighted by molar-refractivity contribution is 6.33. The van der Waals surface area contributed by atoms with Crippen molar-refractivity contribution in [1.82, 2.24) is 4.90 Å². The molecule has 1 fully saturated rings. The van der Waals surface area contributed by atoms with Crippen LogP contribution in [0.1, 0.15) is 43.0 Å². The molecule has 0 amide bonds. The number of anilines is 1. The van der Waals surface area contributed by atoms with Crippen molar-refractivity contribution in [3.63, 3.8) is 0 Å². The molecule has 0 spiro atoms. The molecule has 0 bridgehead atoms. The first-order chi connectivity index (χ1) is 10.1. The number of esters is 1. The van der Waals surface area contributed by atoms with Gasteiger partial charge in [-0.05, 0) is 50.6 Å². The average molecular weight is 311 g/mol. The topological polar surface area (TPSA) is 55.6 Å². The van der Waals surface area contributed by atoms with E-state index >= 15 is 0 Å². The van der Waals surface area contributed by atoms with Crippen LogP contribution >= 0.6 is 11.6 Å². The fraction of sp³-hybridized carbons (Fsp3) is 0.562. The van der Waals surface area contributed by atoms with Crippen LogP contribution in [0.2, 0.25) is 5.02 Å². The molecule has 1 unspecified atom stereocenters. The van der Waals surface area contributed by atoms with Gasteiger partial charge in [0.1, 0.15) is 6.10 Å². The van der Waals surface area contributed by atoms with Gasteiger partial charge in [-0.25, -0.2) is 4.79 Å². The summed E-state index contributed by atoms with van der Waals surface area (Å²) in [5.74, 6) is -0.359. The number of carbonyl (C=O) groups excluding carboxylic acids is 1. The Morgan fingerprint density at radius 2 is 2.33 bits per heavy atom. The first-order valence-corrected chi connectivity index (χ1v) is 7.96. The first-order valence-electron chi connectivity index (χ1n) is 7.58. The maximum atomic E-state index is 12.2. The molecular weight excluding hydrogens is 288 g/mol. The Morgan fingerprint density at radius 1 is 1.52 bits per heavy atom. The molecule has 1 saturated heterocycles. The largest absolute Gasteiger partial charge is 0.457 e. The third-order valence-corrected chi connectivity index (χ3v) is 4.09. The van der Waals surface area contributed by atoms with E-state index in [1.165, 1.54) is 12.8 Å². The van der Waals surface area contributed by atoms with Crippen molar-refractivity contribution in [2.45, 2.75) is 38.7 Å². The number of carbonyl (C=O) groups is 1. The summed E-state index contributed by atoms with van der Waals surface area (Å²) in [5, 5.41) is 0.346. The highest BCUT2D eigenvalue weighted by Gasteiger charge is 2.24. The molecule has 2 N–H and O–H groups in total. The normalized spacial score (nSPS) is 19.4. The smallest absolute Gasteiger partial charge is 0.339 e. The van der Waals surface area contributed by atoms with E-state index < -0.39 is 0 Å². The van der Waals surface area contributed by atoms with E-state index in [0.29, 0.717) is 16.3 Å². The minimum absolute atomic E-state index is 0.0447. The zero-order chi connectivity index (χ0) is 15.2. The van der Waals surface area contributed by atoms with Gasteiger partial charge in [-0.15, -0.1) is 0 Å². The number of nitrogens with two attached hydrogens (primary N) is 1. The predicted molar refractivity (Wildman–Crippen MR) is 85.6 cm³/mol. The Hall–Kier alpha value is -1.26. The van der Waals surface area contributed by atoms with Crippen LogP contribution < -0.4 is 5.73 Å². The standard InChI is InChI=1S/C16H23ClN2O2/c1-2-3-8-19-9-4-5-13(11-19)21-16(20)14-7-6-12(18)10-15(14)17/h6-7,10,13H,2-5,8-9,11,18H2,1H3. The van der Waals surface area contributed by atoms with Crippen LogP contribution in [0.15, 0.2) is 18.2 Å². The second-order valence-corrected chi connectivity index (χ2v) is 5.97. The van der Waals surface area contributed by atoms with Crippen LogP contribution in [-0.2, 0) is 4.74 Å². The number of hydrogen-bond acceptors (Lipinski definition) is 4. The molecule has 116 valence electrons. The molecule has 21 heavy (non-hydrogen) atoms. The number of hydrogen-bond donors (Lipinski definition) is 1. The third kappa shape index (κ3) is 4.61. The third-order valence-electron chi connectivity index (χ3n) is 3.78. The van der Waals surface area contributed by atoms with Crippen LogP contribution in [0, 0.1) is 0 Å². The number of piperidine rings is 1. The molecule has 1 aliphatic heterocycles. The van der Waals surface area contributed by atoms with Gasteiger partial charge >= 0.3 is 5.97 Å². The lowest BCUT2D eigenvalue weighted by Crippen LogP contribution is -2.41. The number of halogens is 1. The number of nitrogens with zero attached hydrogens (tertiary/aromatic N) is 1. The summed E-state index contributed by atoms with van der Waals surface area (Å²) in [6, 6.07) is 4.86. The van der Waals surface area contributed by atoms with Gasteiger partial charge in [0.15, 0.2) is 0 Å². The van der Waals surface area contributed by atoms with Gasteiger partial charge in [-0.2, -0.15) is 0 Å². The van der Waals surface area contributed by atoms with Crippen molar-refractivity contribution < 1.29 is 9.53 Å². The van der Waals surface area contributed by atoms with E-state index in [9.17, 15) is 4.79 Å². The van der Waals surface area contributed by atoms with Crippen molar-refractivity contribution in [3.05, 3.63) is 28.8 Å². The number of likely N-dealkylation sites (tertiary alicyclic amines) is 1. The lowest BCUT2D eigenvalue weighted by atomic mass is 10.1. The summed E-state index contributed by atoms with van der Waals surface area (Å²) < 4.78 is 5.60. The zero-order valence-corrected chi connectivity index (χ0v) is 13.2. The zero-order valence-electron chi connectivity index (χ0n) is 12.5. The lowest BCUT2D eigenvalue weighted by molar-refractivity contribution is 0.00677. The summed E-state index contributed by atoms with van der Waals surface area (Å²) in [6.07, 6.45) is 4.31. The Labute approximate surface area is 131 Å². The van der Waals surface area contributed by atoms with Gasteiger partial charge in [-0.1, -0.05) is 24.9 Å². The van der Waals surface area contributed by atoms with Crippen LogP contribution in [-0.4, -0.2) is 36.6 Å². The van der Waals surface area contributed by atoms with E-state index in [2.05, 4.69) is 11.8 Å². The monoisotopic (exact) mass is 310 g/mol. The Bertz CT molecular complexity index is 493. The second kappa shape index (κ2) is 7.66. The molecule has 1 atom stereocenters. The minimum atomic E-state index is -0.359. The molecule has 5 heteroatoms. The number of ether oxygens (including phenoxy) is 1. The Morgan fingerprint density at radius 3 is 3.05 bits per heavy atom. The molecular formula is C16H23ClN2O2. The molecule has 1 heterocycles. The molecule has 2 rings (SSSR count). The van der Waals surface area contributed by atoms with E-state index in [-0.39, 0.29) is 12.1 Å². The average Bonchev–Trinajstić information content (AvgIpc) is 2.45.